The number of carbonyl (C=O) groups is 2. The minimum absolute atomic E-state index is 0.136. The van der Waals surface area contributed by atoms with Crippen LogP contribution in [0, 0.1) is 10.1 Å². The number of nitro groups is 1. The molecule has 3 rings (SSSR count). The van der Waals surface area contributed by atoms with Crippen LogP contribution < -0.4 is 14.2 Å². The van der Waals surface area contributed by atoms with Crippen LogP contribution in [0.15, 0.2) is 65.1 Å². The van der Waals surface area contributed by atoms with E-state index in [0.29, 0.717) is 18.1 Å². The largest absolute Gasteiger partial charge is 0.494 e. The summed E-state index contributed by atoms with van der Waals surface area (Å²) in [5.74, 6) is -1.13. The highest BCUT2D eigenvalue weighted by Crippen LogP contribution is 2.21. The lowest BCUT2D eigenvalue weighted by Crippen LogP contribution is -2.10. The van der Waals surface area contributed by atoms with Gasteiger partial charge in [0.25, 0.3) is 0 Å². The van der Waals surface area contributed by atoms with Crippen LogP contribution in [0.1, 0.15) is 59.9 Å². The van der Waals surface area contributed by atoms with Gasteiger partial charge in [-0.3, -0.25) is 10.1 Å². The number of carbonyl (C=O) groups excluding carboxylic acids is 2. The smallest absolute Gasteiger partial charge is 0.433 e. The third kappa shape index (κ3) is 7.19. The summed E-state index contributed by atoms with van der Waals surface area (Å²) < 4.78 is 21.0. The van der Waals surface area contributed by atoms with Gasteiger partial charge in [-0.2, -0.15) is 0 Å². The van der Waals surface area contributed by atoms with Crippen LogP contribution in [0.3, 0.4) is 0 Å². The van der Waals surface area contributed by atoms with E-state index in [2.05, 4.69) is 6.92 Å². The van der Waals surface area contributed by atoms with Gasteiger partial charge >= 0.3 is 17.8 Å². The van der Waals surface area contributed by atoms with E-state index >= 15 is 0 Å². The lowest BCUT2D eigenvalue weighted by molar-refractivity contribution is -0.402. The van der Waals surface area contributed by atoms with E-state index in [0.717, 1.165) is 25.0 Å². The van der Waals surface area contributed by atoms with Crippen molar-refractivity contribution in [1.29, 1.82) is 0 Å². The molecule has 1 heterocycles. The van der Waals surface area contributed by atoms with Crippen molar-refractivity contribution in [2.45, 2.75) is 39.0 Å². The van der Waals surface area contributed by atoms with Gasteiger partial charge < -0.3 is 18.6 Å². The zero-order valence-electron chi connectivity index (χ0n) is 18.7. The van der Waals surface area contributed by atoms with Gasteiger partial charge in [-0.05, 0) is 61.0 Å². The fraction of sp³-hybridized carbons (Fsp3) is 0.280. The average molecular weight is 467 g/mol. The molecule has 0 fully saturated rings. The molecule has 0 aliphatic rings. The summed E-state index contributed by atoms with van der Waals surface area (Å²) >= 11 is 0. The van der Waals surface area contributed by atoms with Gasteiger partial charge in [-0.25, -0.2) is 9.59 Å². The lowest BCUT2D eigenvalue weighted by atomic mass is 10.2. The van der Waals surface area contributed by atoms with Crippen molar-refractivity contribution >= 4 is 17.8 Å². The Kier molecular flexibility index (Phi) is 8.79. The maximum atomic E-state index is 12.4. The summed E-state index contributed by atoms with van der Waals surface area (Å²) in [7, 11) is 0. The minimum Gasteiger partial charge on any atom is -0.494 e. The molecule has 3 aromatic rings. The van der Waals surface area contributed by atoms with Crippen molar-refractivity contribution in [3.05, 3.63) is 82.1 Å². The van der Waals surface area contributed by atoms with Gasteiger partial charge in [0.15, 0.2) is 0 Å². The second-order valence-corrected chi connectivity index (χ2v) is 7.43. The molecule has 1 aromatic heterocycles. The van der Waals surface area contributed by atoms with Crippen LogP contribution in [0.5, 0.6) is 17.2 Å². The molecule has 2 aromatic carbocycles. The Morgan fingerprint density at radius 2 is 1.38 bits per heavy atom. The number of nitrogens with zero attached hydrogens (tertiary/aromatic N) is 1. The third-order valence-electron chi connectivity index (χ3n) is 4.82. The topological polar surface area (TPSA) is 118 Å². The Labute approximate surface area is 196 Å². The minimum atomic E-state index is -0.897. The van der Waals surface area contributed by atoms with Crippen LogP contribution >= 0.6 is 0 Å². The van der Waals surface area contributed by atoms with Crippen LogP contribution in [0.2, 0.25) is 0 Å². The van der Waals surface area contributed by atoms with E-state index in [1.165, 1.54) is 43.5 Å². The number of hydrogen-bond donors (Lipinski definition) is 0. The molecule has 0 spiro atoms. The second-order valence-electron chi connectivity index (χ2n) is 7.43. The van der Waals surface area contributed by atoms with E-state index in [1.807, 2.05) is 0 Å². The number of benzene rings is 2. The zero-order valence-corrected chi connectivity index (χ0v) is 18.7. The first-order valence-corrected chi connectivity index (χ1v) is 11.0. The summed E-state index contributed by atoms with van der Waals surface area (Å²) in [4.78, 5) is 34.3. The number of hydrogen-bond acceptors (Lipinski definition) is 8. The zero-order chi connectivity index (χ0) is 24.3. The van der Waals surface area contributed by atoms with Crippen LogP contribution in [-0.2, 0) is 0 Å². The summed E-state index contributed by atoms with van der Waals surface area (Å²) in [6.45, 7) is 2.83. The Morgan fingerprint density at radius 3 is 2.00 bits per heavy atom. The maximum absolute atomic E-state index is 12.4. The summed E-state index contributed by atoms with van der Waals surface area (Å²) in [5.41, 5.74) is 0.251. The molecular formula is C25H25NO8. The molecule has 9 heteroatoms. The van der Waals surface area contributed by atoms with E-state index in [4.69, 9.17) is 18.6 Å². The van der Waals surface area contributed by atoms with Gasteiger partial charge in [-0.15, -0.1) is 0 Å². The predicted octanol–water partition coefficient (Wildman–Crippen LogP) is 5.98. The Balaban J connectivity index is 1.47. The van der Waals surface area contributed by atoms with E-state index in [-0.39, 0.29) is 17.1 Å². The third-order valence-corrected chi connectivity index (χ3v) is 4.82. The van der Waals surface area contributed by atoms with Gasteiger partial charge in [0.2, 0.25) is 5.76 Å². The van der Waals surface area contributed by atoms with Crippen molar-refractivity contribution in [2.24, 2.45) is 0 Å². The number of rotatable bonds is 12. The molecule has 0 radical (unpaired) electrons. The standard InChI is InChI=1S/C25H25NO8/c1-2-3-4-5-6-17-31-19-11-13-21(14-12-19)32-24(27)18-7-9-20(10-8-18)33-25(28)22-15-16-23(34-22)26(29)30/h7-16H,2-6,17H2,1H3. The average Bonchev–Trinajstić information content (AvgIpc) is 3.34. The Morgan fingerprint density at radius 1 is 0.794 bits per heavy atom. The van der Waals surface area contributed by atoms with Gasteiger partial charge in [0, 0.05) is 0 Å². The van der Waals surface area contributed by atoms with Gasteiger partial charge in [-0.1, -0.05) is 32.6 Å². The first-order valence-electron chi connectivity index (χ1n) is 11.0. The molecule has 178 valence electrons. The number of esters is 2. The lowest BCUT2D eigenvalue weighted by Gasteiger charge is -2.08. The predicted molar refractivity (Wildman–Crippen MR) is 122 cm³/mol. The maximum Gasteiger partial charge on any atom is 0.433 e. The molecule has 0 saturated heterocycles. The van der Waals surface area contributed by atoms with E-state index in [1.54, 1.807) is 24.3 Å². The highest BCUT2D eigenvalue weighted by molar-refractivity contribution is 5.91. The van der Waals surface area contributed by atoms with Crippen molar-refractivity contribution < 1.29 is 33.1 Å². The monoisotopic (exact) mass is 467 g/mol. The molecule has 0 saturated carbocycles. The molecule has 34 heavy (non-hydrogen) atoms. The fourth-order valence-electron chi connectivity index (χ4n) is 3.02. The van der Waals surface area contributed by atoms with Crippen LogP contribution in [-0.4, -0.2) is 23.5 Å². The normalized spacial score (nSPS) is 10.5. The highest BCUT2D eigenvalue weighted by atomic mass is 16.7. The molecule has 0 amide bonds. The summed E-state index contributed by atoms with van der Waals surface area (Å²) in [6, 6.07) is 14.7. The molecule has 0 N–H and O–H groups in total. The van der Waals surface area contributed by atoms with E-state index in [9.17, 15) is 19.7 Å². The van der Waals surface area contributed by atoms with Crippen molar-refractivity contribution in [1.82, 2.24) is 0 Å². The molecular weight excluding hydrogens is 442 g/mol. The summed E-state index contributed by atoms with van der Waals surface area (Å²) in [6.07, 6.45) is 5.81. The quantitative estimate of drug-likeness (QED) is 0.105. The molecule has 0 aliphatic carbocycles. The van der Waals surface area contributed by atoms with Crippen molar-refractivity contribution in [3.63, 3.8) is 0 Å². The van der Waals surface area contributed by atoms with Gasteiger partial charge in [0.05, 0.1) is 18.2 Å². The molecule has 9 nitrogen and oxygen atoms in total. The molecule has 0 unspecified atom stereocenters. The Hall–Kier alpha value is -4.14. The highest BCUT2D eigenvalue weighted by Gasteiger charge is 2.19. The first-order chi connectivity index (χ1) is 16.5. The van der Waals surface area contributed by atoms with Crippen molar-refractivity contribution in [3.8, 4) is 17.2 Å². The van der Waals surface area contributed by atoms with Crippen molar-refractivity contribution in [2.75, 3.05) is 6.61 Å². The molecule has 0 atom stereocenters. The Bertz CT molecular complexity index is 1100. The van der Waals surface area contributed by atoms with Crippen LogP contribution in [0.4, 0.5) is 5.88 Å². The second kappa shape index (κ2) is 12.2. The molecule has 0 aliphatic heterocycles. The fourth-order valence-corrected chi connectivity index (χ4v) is 3.02. The number of unbranched alkanes of at least 4 members (excludes halogenated alkanes) is 4. The number of furan rings is 1. The SMILES string of the molecule is CCCCCCCOc1ccc(OC(=O)c2ccc(OC(=O)c3ccc([N+](=O)[O-])o3)cc2)cc1. The first kappa shape index (κ1) is 24.5. The van der Waals surface area contributed by atoms with Crippen LogP contribution in [0.25, 0.3) is 0 Å². The number of ether oxygens (including phenoxy) is 3. The summed E-state index contributed by atoms with van der Waals surface area (Å²) in [5, 5.41) is 10.6. The van der Waals surface area contributed by atoms with Gasteiger partial charge in [0.1, 0.15) is 22.2 Å². The van der Waals surface area contributed by atoms with E-state index < -0.39 is 22.7 Å². The molecule has 0 bridgehead atoms.